The van der Waals surface area contributed by atoms with E-state index in [1.54, 1.807) is 42.5 Å². The lowest BCUT2D eigenvalue weighted by Gasteiger charge is -1.99. The van der Waals surface area contributed by atoms with Gasteiger partial charge >= 0.3 is 0 Å². The molecule has 0 saturated heterocycles. The number of allylic oxidation sites excluding steroid dienone is 1. The first-order chi connectivity index (χ1) is 11.1. The summed E-state index contributed by atoms with van der Waals surface area (Å²) >= 11 is 12.0. The van der Waals surface area contributed by atoms with Gasteiger partial charge in [-0.15, -0.1) is 0 Å². The fourth-order valence-electron chi connectivity index (χ4n) is 2.12. The number of rotatable bonds is 4. The molecule has 0 aliphatic rings. The molecular weight excluding hydrogens is 331 g/mol. The van der Waals surface area contributed by atoms with Gasteiger partial charge < -0.3 is 4.42 Å². The zero-order valence-corrected chi connectivity index (χ0v) is 13.5. The summed E-state index contributed by atoms with van der Waals surface area (Å²) in [6.07, 6.45) is 3.11. The Morgan fingerprint density at radius 1 is 0.913 bits per heavy atom. The van der Waals surface area contributed by atoms with Crippen molar-refractivity contribution in [2.45, 2.75) is 0 Å². The minimum absolute atomic E-state index is 0.114. The van der Waals surface area contributed by atoms with Crippen LogP contribution in [-0.2, 0) is 0 Å². The van der Waals surface area contributed by atoms with Gasteiger partial charge in [0.1, 0.15) is 11.5 Å². The van der Waals surface area contributed by atoms with Crippen LogP contribution in [0.15, 0.2) is 71.2 Å². The van der Waals surface area contributed by atoms with Crippen LogP contribution in [0, 0.1) is 0 Å². The van der Waals surface area contributed by atoms with E-state index >= 15 is 0 Å². The Kier molecular flexibility index (Phi) is 4.65. The summed E-state index contributed by atoms with van der Waals surface area (Å²) in [6, 6.07) is 17.8. The molecule has 0 aliphatic heterocycles. The largest absolute Gasteiger partial charge is 0.457 e. The highest BCUT2D eigenvalue weighted by molar-refractivity contribution is 6.33. The van der Waals surface area contributed by atoms with Crippen LogP contribution >= 0.6 is 23.2 Å². The van der Waals surface area contributed by atoms with Crippen LogP contribution < -0.4 is 0 Å². The summed E-state index contributed by atoms with van der Waals surface area (Å²) in [5.41, 5.74) is 1.39. The van der Waals surface area contributed by atoms with E-state index in [2.05, 4.69) is 0 Å². The van der Waals surface area contributed by atoms with Crippen molar-refractivity contribution < 1.29 is 9.21 Å². The Balaban J connectivity index is 1.77. The predicted molar refractivity (Wildman–Crippen MR) is 94.0 cm³/mol. The lowest BCUT2D eigenvalue weighted by molar-refractivity contribution is 0.104. The van der Waals surface area contributed by atoms with Gasteiger partial charge in [0.05, 0.1) is 5.02 Å². The molecule has 0 aliphatic carbocycles. The van der Waals surface area contributed by atoms with Gasteiger partial charge in [0.2, 0.25) is 0 Å². The third kappa shape index (κ3) is 3.73. The molecule has 0 bridgehead atoms. The lowest BCUT2D eigenvalue weighted by Crippen LogP contribution is -1.92. The van der Waals surface area contributed by atoms with Gasteiger partial charge in [-0.1, -0.05) is 35.3 Å². The molecule has 0 spiro atoms. The Morgan fingerprint density at radius 3 is 2.39 bits per heavy atom. The van der Waals surface area contributed by atoms with E-state index in [1.165, 1.54) is 6.08 Å². The maximum absolute atomic E-state index is 12.1. The Bertz CT molecular complexity index is 861. The maximum Gasteiger partial charge on any atom is 0.185 e. The first-order valence-corrected chi connectivity index (χ1v) is 7.72. The summed E-state index contributed by atoms with van der Waals surface area (Å²) in [6.45, 7) is 0. The van der Waals surface area contributed by atoms with Crippen molar-refractivity contribution in [2.24, 2.45) is 0 Å². The van der Waals surface area contributed by atoms with Crippen LogP contribution in [0.5, 0.6) is 0 Å². The second-order valence-corrected chi connectivity index (χ2v) is 5.73. The fourth-order valence-corrected chi connectivity index (χ4v) is 2.47. The zero-order valence-electron chi connectivity index (χ0n) is 12.0. The average Bonchev–Trinajstić information content (AvgIpc) is 3.02. The quantitative estimate of drug-likeness (QED) is 0.420. The van der Waals surface area contributed by atoms with Crippen molar-refractivity contribution in [2.75, 3.05) is 0 Å². The van der Waals surface area contributed by atoms with Crippen LogP contribution in [0.4, 0.5) is 0 Å². The number of hydrogen-bond donors (Lipinski definition) is 0. The monoisotopic (exact) mass is 342 g/mol. The average molecular weight is 343 g/mol. The van der Waals surface area contributed by atoms with Crippen molar-refractivity contribution in [1.82, 2.24) is 0 Å². The van der Waals surface area contributed by atoms with Gasteiger partial charge in [0.15, 0.2) is 5.78 Å². The number of halogens is 2. The van der Waals surface area contributed by atoms with Gasteiger partial charge in [-0.05, 0) is 60.7 Å². The van der Waals surface area contributed by atoms with Crippen LogP contribution in [0.2, 0.25) is 10.0 Å². The Hall–Kier alpha value is -2.29. The molecule has 0 fully saturated rings. The van der Waals surface area contributed by atoms with Crippen molar-refractivity contribution in [3.8, 4) is 11.3 Å². The van der Waals surface area contributed by atoms with Gasteiger partial charge in [-0.3, -0.25) is 4.79 Å². The molecule has 0 radical (unpaired) electrons. The van der Waals surface area contributed by atoms with Crippen LogP contribution in [-0.4, -0.2) is 5.78 Å². The van der Waals surface area contributed by atoms with Gasteiger partial charge in [0.25, 0.3) is 0 Å². The first kappa shape index (κ1) is 15.6. The van der Waals surface area contributed by atoms with E-state index in [-0.39, 0.29) is 5.78 Å². The van der Waals surface area contributed by atoms with Crippen LogP contribution in [0.25, 0.3) is 17.4 Å². The van der Waals surface area contributed by atoms with Gasteiger partial charge in [0, 0.05) is 16.1 Å². The van der Waals surface area contributed by atoms with Gasteiger partial charge in [-0.25, -0.2) is 0 Å². The molecule has 114 valence electrons. The summed E-state index contributed by atoms with van der Waals surface area (Å²) in [7, 11) is 0. The summed E-state index contributed by atoms with van der Waals surface area (Å²) < 4.78 is 5.71. The molecule has 3 aromatic rings. The highest BCUT2D eigenvalue weighted by Crippen LogP contribution is 2.29. The summed E-state index contributed by atoms with van der Waals surface area (Å²) in [5, 5.41) is 1.22. The minimum Gasteiger partial charge on any atom is -0.457 e. The first-order valence-electron chi connectivity index (χ1n) is 6.96. The molecule has 0 N–H and O–H groups in total. The fraction of sp³-hybridized carbons (Fsp3) is 0. The maximum atomic E-state index is 12.1. The van der Waals surface area contributed by atoms with Crippen molar-refractivity contribution in [1.29, 1.82) is 0 Å². The number of ketones is 1. The third-order valence-corrected chi connectivity index (χ3v) is 3.88. The highest BCUT2D eigenvalue weighted by atomic mass is 35.5. The van der Waals surface area contributed by atoms with E-state index in [4.69, 9.17) is 27.6 Å². The van der Waals surface area contributed by atoms with E-state index < -0.39 is 0 Å². The summed E-state index contributed by atoms with van der Waals surface area (Å²) in [4.78, 5) is 12.1. The predicted octanol–water partition coefficient (Wildman–Crippen LogP) is 6.15. The minimum atomic E-state index is -0.114. The molecule has 4 heteroatoms. The summed E-state index contributed by atoms with van der Waals surface area (Å²) in [5.74, 6) is 1.13. The molecular formula is C19H12Cl2O2. The third-order valence-electron chi connectivity index (χ3n) is 3.29. The van der Waals surface area contributed by atoms with Crippen molar-refractivity contribution >= 4 is 35.1 Å². The number of benzene rings is 2. The lowest BCUT2D eigenvalue weighted by atomic mass is 10.1. The second-order valence-electron chi connectivity index (χ2n) is 4.89. The molecule has 0 atom stereocenters. The zero-order chi connectivity index (χ0) is 16.2. The highest BCUT2D eigenvalue weighted by Gasteiger charge is 2.07. The second kappa shape index (κ2) is 6.86. The van der Waals surface area contributed by atoms with E-state index in [9.17, 15) is 4.79 Å². The van der Waals surface area contributed by atoms with Crippen molar-refractivity contribution in [3.63, 3.8) is 0 Å². The molecule has 2 nitrogen and oxygen atoms in total. The van der Waals surface area contributed by atoms with E-state index in [0.29, 0.717) is 27.1 Å². The smallest absolute Gasteiger partial charge is 0.185 e. The number of hydrogen-bond acceptors (Lipinski definition) is 2. The van der Waals surface area contributed by atoms with E-state index in [0.717, 1.165) is 5.56 Å². The molecule has 0 unspecified atom stereocenters. The molecule has 2 aromatic carbocycles. The number of carbonyl (C=O) groups is 1. The topological polar surface area (TPSA) is 30.2 Å². The molecule has 1 aromatic heterocycles. The number of furan rings is 1. The van der Waals surface area contributed by atoms with E-state index in [1.807, 2.05) is 24.3 Å². The molecule has 23 heavy (non-hydrogen) atoms. The van der Waals surface area contributed by atoms with Crippen LogP contribution in [0.1, 0.15) is 16.1 Å². The number of carbonyl (C=O) groups excluding carboxylic acids is 1. The Morgan fingerprint density at radius 2 is 1.65 bits per heavy atom. The van der Waals surface area contributed by atoms with Gasteiger partial charge in [-0.2, -0.15) is 0 Å². The normalized spacial score (nSPS) is 11.0. The molecule has 0 amide bonds. The molecule has 3 rings (SSSR count). The van der Waals surface area contributed by atoms with Crippen molar-refractivity contribution in [3.05, 3.63) is 88.1 Å². The molecule has 0 saturated carbocycles. The molecule has 1 heterocycles. The Labute approximate surface area is 144 Å². The SMILES string of the molecule is O=C(/C=C/c1ccc(-c2ccccc2Cl)o1)c1ccc(Cl)cc1. The standard InChI is InChI=1S/C19H12Cl2O2/c20-14-7-5-13(6-8-14)18(22)11-9-15-10-12-19(23-15)16-3-1-2-4-17(16)21/h1-12H/b11-9+. The van der Waals surface area contributed by atoms with Crippen LogP contribution in [0.3, 0.4) is 0 Å².